The van der Waals surface area contributed by atoms with Crippen molar-refractivity contribution in [1.82, 2.24) is 9.97 Å². The number of hydrogen-bond acceptors (Lipinski definition) is 5. The lowest BCUT2D eigenvalue weighted by atomic mass is 9.79. The van der Waals surface area contributed by atoms with Crippen molar-refractivity contribution >= 4 is 117 Å². The SMILES string of the molecule is C[C@H]1Cc2ccccc2[C@@H](C)C1.Cc1ccc2c(c1C)CCCC2.Cc1ccc2ccccc2c1C.Cc1ccc2sc3ccccc3c2c1C.Cc1cccc2cccc(C)c12.Cc1cccc2nccc(C)c12.Cc1cccc2sc3cccc(C)c3c12.Cc1cnc2ccccc2c1C.Cc1oc2ccccc2c1C. The fraction of sp³-hybridized carbons (Fsp3) is 0.241. The third-order valence-electron chi connectivity index (χ3n) is 23.4. The average molecular weight is 1520 g/mol. The van der Waals surface area contributed by atoms with Crippen LogP contribution in [0.15, 0.2) is 272 Å². The van der Waals surface area contributed by atoms with Crippen LogP contribution >= 0.6 is 22.7 Å². The Kier molecular flexibility index (Phi) is 27.2. The molecule has 0 saturated carbocycles. The molecule has 18 aromatic rings. The Balaban J connectivity index is 0.000000118. The van der Waals surface area contributed by atoms with Crippen molar-refractivity contribution in [3.63, 3.8) is 0 Å². The van der Waals surface area contributed by atoms with E-state index >= 15 is 0 Å². The van der Waals surface area contributed by atoms with Gasteiger partial charge in [-0.1, -0.05) is 220 Å². The van der Waals surface area contributed by atoms with Crippen LogP contribution in [0.1, 0.15) is 150 Å². The van der Waals surface area contributed by atoms with E-state index in [1.807, 2.05) is 78.4 Å². The zero-order valence-corrected chi connectivity index (χ0v) is 71.6. The number of rotatable bonds is 0. The summed E-state index contributed by atoms with van der Waals surface area (Å²) < 4.78 is 11.1. The molecule has 13 aromatic carbocycles. The molecule has 2 atom stereocenters. The monoisotopic (exact) mass is 1520 g/mol. The molecule has 0 unspecified atom stereocenters. The van der Waals surface area contributed by atoms with Crippen LogP contribution in [0.4, 0.5) is 0 Å². The van der Waals surface area contributed by atoms with Gasteiger partial charge in [0.05, 0.1) is 11.0 Å². The lowest BCUT2D eigenvalue weighted by Gasteiger charge is -2.26. The molecule has 113 heavy (non-hydrogen) atoms. The summed E-state index contributed by atoms with van der Waals surface area (Å²) in [6.07, 6.45) is 11.8. The van der Waals surface area contributed by atoms with Crippen molar-refractivity contribution in [2.24, 2.45) is 5.92 Å². The topological polar surface area (TPSA) is 38.9 Å². The lowest BCUT2D eigenvalue weighted by molar-refractivity contribution is 0.450. The van der Waals surface area contributed by atoms with Crippen molar-refractivity contribution < 1.29 is 4.42 Å². The Bertz CT molecular complexity index is 6040. The lowest BCUT2D eigenvalue weighted by Crippen LogP contribution is -2.14. The molecule has 0 fully saturated rings. The van der Waals surface area contributed by atoms with Crippen molar-refractivity contribution in [3.8, 4) is 0 Å². The summed E-state index contributed by atoms with van der Waals surface area (Å²) in [5.41, 5.74) is 30.1. The molecule has 0 bridgehead atoms. The van der Waals surface area contributed by atoms with E-state index in [-0.39, 0.29) is 0 Å². The van der Waals surface area contributed by atoms with E-state index in [0.29, 0.717) is 0 Å². The molecule has 572 valence electrons. The standard InChI is InChI=1S/2C14H12S.C12H12.2C12H16.C12H12.2C11H11N.C10H10O/c1-9-5-3-7-11-13(9)14-10(2)6-4-8-12(14)15-11;1-9-7-8-13-14(10(9)2)11-5-3-4-6-12(11)15-13;1-9-5-3-7-11-8-4-6-10(2)12(9)11;1-9-7-10(2)12-6-4-3-5-11(12)8-9;2*1-9-7-8-11-5-3-4-6-12(11)10(9)2;1-8-4-3-5-10-11(8)9(2)6-7-12-10;1-8-7-12-11-6-4-3-5-10(11)9(8)2;1-7-8(2)11-10-6-4-3-5-9(7)10/h2*3-8H,1-2H3;3-8H,1-2H3;3-6,9-10H,7-8H2,1-2H3;7-8H,3-6H2,1-2H3;3-8H,1-2H3;2*3-7H,1-2H3;3-6H,1-2H3/t;;;9-,10+;;;;;/m...1...../s1. The number of pyridine rings is 2. The van der Waals surface area contributed by atoms with Crippen LogP contribution in [-0.2, 0) is 19.3 Å². The first kappa shape index (κ1) is 81.7. The zero-order valence-electron chi connectivity index (χ0n) is 69.9. The van der Waals surface area contributed by atoms with Gasteiger partial charge in [0.15, 0.2) is 0 Å². The summed E-state index contributed by atoms with van der Waals surface area (Å²) >= 11 is 3.77. The minimum atomic E-state index is 0.768. The van der Waals surface area contributed by atoms with Crippen LogP contribution < -0.4 is 0 Å². The molecule has 0 aliphatic heterocycles. The third-order valence-corrected chi connectivity index (χ3v) is 25.6. The van der Waals surface area contributed by atoms with E-state index in [1.54, 1.807) is 22.3 Å². The molecule has 20 rings (SSSR count). The number of fused-ring (bicyclic) bond motifs is 13. The van der Waals surface area contributed by atoms with Crippen molar-refractivity contribution in [1.29, 1.82) is 0 Å². The second kappa shape index (κ2) is 37.7. The fourth-order valence-corrected chi connectivity index (χ4v) is 18.8. The predicted octanol–water partition coefficient (Wildman–Crippen LogP) is 31.6. The van der Waals surface area contributed by atoms with E-state index in [0.717, 1.165) is 34.2 Å². The Morgan fingerprint density at radius 3 is 1.48 bits per heavy atom. The molecule has 2 aliphatic rings. The second-order valence-corrected chi connectivity index (χ2v) is 33.6. The second-order valence-electron chi connectivity index (χ2n) is 31.4. The number of para-hydroxylation sites is 2. The quantitative estimate of drug-likeness (QED) is 0.152. The minimum absolute atomic E-state index is 0.768. The summed E-state index contributed by atoms with van der Waals surface area (Å²) in [4.78, 5) is 8.64. The predicted molar refractivity (Wildman–Crippen MR) is 497 cm³/mol. The van der Waals surface area contributed by atoms with E-state index in [9.17, 15) is 0 Å². The Hall–Kier alpha value is -10.8. The fourth-order valence-electron chi connectivity index (χ4n) is 16.4. The highest BCUT2D eigenvalue weighted by atomic mass is 32.1. The van der Waals surface area contributed by atoms with Crippen molar-refractivity contribution in [3.05, 3.63) is 379 Å². The number of furan rings is 1. The molecule has 5 aromatic heterocycles. The van der Waals surface area contributed by atoms with Gasteiger partial charge in [0, 0.05) is 68.9 Å². The molecule has 0 saturated heterocycles. The summed E-state index contributed by atoms with van der Waals surface area (Å²) in [5, 5.41) is 15.0. The highest BCUT2D eigenvalue weighted by molar-refractivity contribution is 7.26. The van der Waals surface area contributed by atoms with Gasteiger partial charge in [-0.3, -0.25) is 9.97 Å². The van der Waals surface area contributed by atoms with E-state index < -0.39 is 0 Å². The van der Waals surface area contributed by atoms with E-state index in [1.165, 1.54) is 200 Å². The first-order valence-electron chi connectivity index (χ1n) is 40.4. The molecule has 3 nitrogen and oxygen atoms in total. The van der Waals surface area contributed by atoms with Gasteiger partial charge in [-0.2, -0.15) is 0 Å². The van der Waals surface area contributed by atoms with Crippen molar-refractivity contribution in [2.45, 2.75) is 169 Å². The molecule has 0 radical (unpaired) electrons. The van der Waals surface area contributed by atoms with E-state index in [2.05, 4.69) is 346 Å². The van der Waals surface area contributed by atoms with Gasteiger partial charge in [0.25, 0.3) is 0 Å². The molecule has 0 N–H and O–H groups in total. The van der Waals surface area contributed by atoms with Gasteiger partial charge in [0.2, 0.25) is 0 Å². The highest BCUT2D eigenvalue weighted by Crippen LogP contribution is 2.40. The maximum Gasteiger partial charge on any atom is 0.134 e. The average Bonchev–Trinajstić information content (AvgIpc) is 1.63. The molecule has 0 amide bonds. The first-order chi connectivity index (χ1) is 54.5. The van der Waals surface area contributed by atoms with Crippen LogP contribution in [0, 0.1) is 117 Å². The van der Waals surface area contributed by atoms with Gasteiger partial charge < -0.3 is 4.42 Å². The normalized spacial score (nSPS) is 13.2. The molecule has 0 spiro atoms. The Labute approximate surface area is 680 Å². The van der Waals surface area contributed by atoms with Crippen molar-refractivity contribution in [2.75, 3.05) is 0 Å². The van der Waals surface area contributed by atoms with Gasteiger partial charge in [0.1, 0.15) is 11.3 Å². The molecular weight excluding hydrogens is 1410 g/mol. The number of aromatic nitrogens is 2. The number of hydrogen-bond donors (Lipinski definition) is 0. The summed E-state index contributed by atoms with van der Waals surface area (Å²) in [6, 6.07) is 90.0. The van der Waals surface area contributed by atoms with Crippen LogP contribution in [0.5, 0.6) is 0 Å². The Morgan fingerprint density at radius 2 is 0.796 bits per heavy atom. The van der Waals surface area contributed by atoms with Crippen LogP contribution in [0.2, 0.25) is 0 Å². The number of thiophene rings is 2. The minimum Gasteiger partial charge on any atom is -0.461 e. The number of nitrogens with zero attached hydrogens (tertiary/aromatic N) is 2. The number of benzene rings is 13. The maximum absolute atomic E-state index is 5.50. The Morgan fingerprint density at radius 1 is 0.310 bits per heavy atom. The third kappa shape index (κ3) is 19.3. The molecule has 5 heteroatoms. The van der Waals surface area contributed by atoms with Crippen LogP contribution in [-0.4, -0.2) is 9.97 Å². The summed E-state index contributed by atoms with van der Waals surface area (Å²) in [5.74, 6) is 2.66. The van der Waals surface area contributed by atoms with Gasteiger partial charge >= 0.3 is 0 Å². The van der Waals surface area contributed by atoms with Crippen LogP contribution in [0.3, 0.4) is 0 Å². The zero-order chi connectivity index (χ0) is 80.0. The summed E-state index contributed by atoms with van der Waals surface area (Å²) in [7, 11) is 0. The van der Waals surface area contributed by atoms with Crippen LogP contribution in [0.25, 0.3) is 94.7 Å². The van der Waals surface area contributed by atoms with E-state index in [4.69, 9.17) is 4.42 Å². The van der Waals surface area contributed by atoms with Gasteiger partial charge in [-0.15, -0.1) is 22.7 Å². The van der Waals surface area contributed by atoms with Gasteiger partial charge in [-0.05, 0) is 337 Å². The highest BCUT2D eigenvalue weighted by Gasteiger charge is 2.21. The molecule has 5 heterocycles. The molecular formula is C108H112N2OS2. The van der Waals surface area contributed by atoms with Gasteiger partial charge in [-0.25, -0.2) is 0 Å². The smallest absolute Gasteiger partial charge is 0.134 e. The maximum atomic E-state index is 5.50. The largest absolute Gasteiger partial charge is 0.461 e. The summed E-state index contributed by atoms with van der Waals surface area (Å²) in [6.45, 7) is 39.2. The molecule has 2 aliphatic carbocycles. The first-order valence-corrected chi connectivity index (χ1v) is 42.0. The number of aryl methyl sites for hydroxylation is 16.